The van der Waals surface area contributed by atoms with Crippen LogP contribution < -0.4 is 16.0 Å². The highest BCUT2D eigenvalue weighted by Gasteiger charge is 2.15. The van der Waals surface area contributed by atoms with E-state index in [1.54, 1.807) is 32.2 Å². The molecule has 25 heavy (non-hydrogen) atoms. The number of nitrogens with zero attached hydrogens (tertiary/aromatic N) is 1. The average Bonchev–Trinajstić information content (AvgIpc) is 2.61. The molecule has 0 fully saturated rings. The minimum atomic E-state index is -0.303. The Morgan fingerprint density at radius 2 is 1.92 bits per heavy atom. The number of aryl methyl sites for hydroxylation is 2. The molecule has 0 aliphatic carbocycles. The summed E-state index contributed by atoms with van der Waals surface area (Å²) < 4.78 is 6.55. The van der Waals surface area contributed by atoms with Crippen molar-refractivity contribution in [2.75, 3.05) is 12.8 Å². The lowest BCUT2D eigenvalue weighted by atomic mass is 10.1. The molecule has 2 N–H and O–H groups in total. The molecule has 0 bridgehead atoms. The Bertz CT molecular complexity index is 1010. The van der Waals surface area contributed by atoms with Crippen molar-refractivity contribution in [1.29, 1.82) is 0 Å². The van der Waals surface area contributed by atoms with Crippen LogP contribution in [-0.2, 0) is 6.42 Å². The molecule has 3 rings (SSSR count). The summed E-state index contributed by atoms with van der Waals surface area (Å²) in [4.78, 5) is 25.3. The highest BCUT2D eigenvalue weighted by atomic mass is 16.5. The molecule has 0 aliphatic rings. The van der Waals surface area contributed by atoms with E-state index in [1.165, 1.54) is 4.57 Å². The van der Waals surface area contributed by atoms with Crippen LogP contribution in [0.1, 0.15) is 22.3 Å². The van der Waals surface area contributed by atoms with Gasteiger partial charge in [-0.2, -0.15) is 0 Å². The summed E-state index contributed by atoms with van der Waals surface area (Å²) in [5.74, 6) is 0.483. The number of carbonyl (C=O) groups excluding carboxylic acids is 1. The van der Waals surface area contributed by atoms with E-state index in [2.05, 4.69) is 0 Å². The van der Waals surface area contributed by atoms with Crippen molar-refractivity contribution in [3.63, 3.8) is 0 Å². The van der Waals surface area contributed by atoms with Gasteiger partial charge in [0.25, 0.3) is 5.56 Å². The van der Waals surface area contributed by atoms with Crippen molar-refractivity contribution in [2.45, 2.75) is 19.8 Å². The maximum Gasteiger partial charge on any atom is 0.260 e. The highest BCUT2D eigenvalue weighted by molar-refractivity contribution is 5.93. The number of anilines is 1. The SMILES string of the molecule is COc1ccccc1CCC(=O)n1c(=O)c(C)cc2ccc(N)cc21. The molecule has 5 heteroatoms. The number of nitrogens with two attached hydrogens (primary N) is 1. The first-order chi connectivity index (χ1) is 12.0. The number of hydrogen-bond donors (Lipinski definition) is 1. The summed E-state index contributed by atoms with van der Waals surface area (Å²) in [5.41, 5.74) is 8.06. The Morgan fingerprint density at radius 3 is 2.68 bits per heavy atom. The Kier molecular flexibility index (Phi) is 4.57. The number of ether oxygens (including phenoxy) is 1. The number of rotatable bonds is 4. The van der Waals surface area contributed by atoms with Crippen LogP contribution in [0.5, 0.6) is 5.75 Å². The maximum absolute atomic E-state index is 12.8. The van der Waals surface area contributed by atoms with E-state index < -0.39 is 0 Å². The smallest absolute Gasteiger partial charge is 0.260 e. The molecule has 0 atom stereocenters. The van der Waals surface area contributed by atoms with Gasteiger partial charge in [-0.05, 0) is 48.6 Å². The lowest BCUT2D eigenvalue weighted by Gasteiger charge is -2.12. The van der Waals surface area contributed by atoms with Crippen LogP contribution >= 0.6 is 0 Å². The molecule has 128 valence electrons. The standard InChI is InChI=1S/C20H20N2O3/c1-13-11-15-7-9-16(21)12-17(15)22(20(13)24)19(23)10-8-14-5-3-4-6-18(14)25-2/h3-7,9,11-12H,8,10,21H2,1-2H3. The molecule has 0 radical (unpaired) electrons. The molecular formula is C20H20N2O3. The van der Waals surface area contributed by atoms with E-state index in [4.69, 9.17) is 10.5 Å². The van der Waals surface area contributed by atoms with Crippen molar-refractivity contribution in [3.8, 4) is 5.75 Å². The Hall–Kier alpha value is -3.08. The summed E-state index contributed by atoms with van der Waals surface area (Å²) in [6.07, 6.45) is 0.695. The van der Waals surface area contributed by atoms with Crippen molar-refractivity contribution in [2.24, 2.45) is 0 Å². The Balaban J connectivity index is 1.98. The molecule has 0 unspecified atom stereocenters. The Labute approximate surface area is 145 Å². The van der Waals surface area contributed by atoms with E-state index in [-0.39, 0.29) is 17.9 Å². The summed E-state index contributed by atoms with van der Waals surface area (Å²) >= 11 is 0. The van der Waals surface area contributed by atoms with Gasteiger partial charge in [-0.1, -0.05) is 24.3 Å². The van der Waals surface area contributed by atoms with E-state index in [1.807, 2.05) is 30.3 Å². The third kappa shape index (κ3) is 3.26. The number of hydrogen-bond acceptors (Lipinski definition) is 4. The van der Waals surface area contributed by atoms with Crippen LogP contribution in [-0.4, -0.2) is 17.6 Å². The second kappa shape index (κ2) is 6.81. The first-order valence-electron chi connectivity index (χ1n) is 8.08. The van der Waals surface area contributed by atoms with Gasteiger partial charge in [-0.25, -0.2) is 4.57 Å². The molecule has 3 aromatic rings. The van der Waals surface area contributed by atoms with E-state index in [0.29, 0.717) is 23.2 Å². The van der Waals surface area contributed by atoms with E-state index >= 15 is 0 Å². The lowest BCUT2D eigenvalue weighted by Crippen LogP contribution is -2.29. The summed E-state index contributed by atoms with van der Waals surface area (Å²) in [5, 5.41) is 0.817. The number of para-hydroxylation sites is 1. The van der Waals surface area contributed by atoms with Gasteiger partial charge < -0.3 is 10.5 Å². The first kappa shape index (κ1) is 16.8. The van der Waals surface area contributed by atoms with Gasteiger partial charge in [-0.3, -0.25) is 9.59 Å². The van der Waals surface area contributed by atoms with Crippen LogP contribution in [0, 0.1) is 6.92 Å². The van der Waals surface area contributed by atoms with Crippen LogP contribution in [0.15, 0.2) is 53.3 Å². The Morgan fingerprint density at radius 1 is 1.16 bits per heavy atom. The van der Waals surface area contributed by atoms with Crippen molar-refractivity contribution in [1.82, 2.24) is 4.57 Å². The highest BCUT2D eigenvalue weighted by Crippen LogP contribution is 2.21. The number of nitrogen functional groups attached to an aromatic ring is 1. The van der Waals surface area contributed by atoms with Crippen LogP contribution in [0.3, 0.4) is 0 Å². The second-order valence-electron chi connectivity index (χ2n) is 5.99. The van der Waals surface area contributed by atoms with Gasteiger partial charge in [0.2, 0.25) is 5.91 Å². The quantitative estimate of drug-likeness (QED) is 0.743. The van der Waals surface area contributed by atoms with Gasteiger partial charge >= 0.3 is 0 Å². The fourth-order valence-electron chi connectivity index (χ4n) is 2.97. The zero-order valence-corrected chi connectivity index (χ0v) is 14.3. The minimum absolute atomic E-state index is 0.202. The molecule has 5 nitrogen and oxygen atoms in total. The van der Waals surface area contributed by atoms with Gasteiger partial charge in [0.15, 0.2) is 0 Å². The largest absolute Gasteiger partial charge is 0.496 e. The van der Waals surface area contributed by atoms with Crippen molar-refractivity contribution >= 4 is 22.5 Å². The summed E-state index contributed by atoms with van der Waals surface area (Å²) in [7, 11) is 1.60. The van der Waals surface area contributed by atoms with Crippen LogP contribution in [0.4, 0.5) is 5.69 Å². The average molecular weight is 336 g/mol. The summed E-state index contributed by atoms with van der Waals surface area (Å²) in [6, 6.07) is 14.6. The number of aromatic nitrogens is 1. The third-order valence-electron chi connectivity index (χ3n) is 4.26. The van der Waals surface area contributed by atoms with Gasteiger partial charge in [-0.15, -0.1) is 0 Å². The molecule has 0 spiro atoms. The van der Waals surface area contributed by atoms with Crippen molar-refractivity contribution in [3.05, 3.63) is 70.0 Å². The number of methoxy groups -OCH3 is 1. The van der Waals surface area contributed by atoms with E-state index in [0.717, 1.165) is 16.7 Å². The molecule has 0 aliphatic heterocycles. The zero-order valence-electron chi connectivity index (χ0n) is 14.3. The summed E-state index contributed by atoms with van der Waals surface area (Å²) in [6.45, 7) is 1.71. The number of fused-ring (bicyclic) bond motifs is 1. The number of pyridine rings is 1. The predicted octanol–water partition coefficient (Wildman–Crippen LogP) is 3.17. The number of carbonyl (C=O) groups is 1. The fraction of sp³-hybridized carbons (Fsp3) is 0.200. The maximum atomic E-state index is 12.8. The first-order valence-corrected chi connectivity index (χ1v) is 8.08. The molecule has 0 amide bonds. The fourth-order valence-corrected chi connectivity index (χ4v) is 2.97. The zero-order chi connectivity index (χ0) is 18.0. The van der Waals surface area contributed by atoms with Crippen molar-refractivity contribution < 1.29 is 9.53 Å². The third-order valence-corrected chi connectivity index (χ3v) is 4.26. The van der Waals surface area contributed by atoms with Gasteiger partial charge in [0.1, 0.15) is 5.75 Å². The topological polar surface area (TPSA) is 74.3 Å². The number of benzene rings is 2. The molecule has 1 heterocycles. The van der Waals surface area contributed by atoms with Crippen LogP contribution in [0.25, 0.3) is 10.9 Å². The molecule has 0 saturated carbocycles. The molecule has 1 aromatic heterocycles. The minimum Gasteiger partial charge on any atom is -0.496 e. The van der Waals surface area contributed by atoms with Gasteiger partial charge in [0.05, 0.1) is 12.6 Å². The van der Waals surface area contributed by atoms with E-state index in [9.17, 15) is 9.59 Å². The van der Waals surface area contributed by atoms with Gasteiger partial charge in [0, 0.05) is 17.7 Å². The lowest BCUT2D eigenvalue weighted by molar-refractivity contribution is 0.0904. The predicted molar refractivity (Wildman–Crippen MR) is 99.3 cm³/mol. The molecule has 2 aromatic carbocycles. The second-order valence-corrected chi connectivity index (χ2v) is 5.99. The monoisotopic (exact) mass is 336 g/mol. The molecule has 0 saturated heterocycles. The molecular weight excluding hydrogens is 316 g/mol. The normalized spacial score (nSPS) is 10.8. The van der Waals surface area contributed by atoms with Crippen LogP contribution in [0.2, 0.25) is 0 Å².